The maximum absolute atomic E-state index is 10.3. The summed E-state index contributed by atoms with van der Waals surface area (Å²) in [5.74, 6) is 1.03. The summed E-state index contributed by atoms with van der Waals surface area (Å²) in [6, 6.07) is 5.81. The van der Waals surface area contributed by atoms with Gasteiger partial charge in [0.1, 0.15) is 5.75 Å². The summed E-state index contributed by atoms with van der Waals surface area (Å²) in [5, 5.41) is 23.3. The van der Waals surface area contributed by atoms with Crippen molar-refractivity contribution in [2.75, 3.05) is 20.2 Å². The van der Waals surface area contributed by atoms with Crippen LogP contribution in [0.2, 0.25) is 0 Å². The topological polar surface area (TPSA) is 61.7 Å². The predicted molar refractivity (Wildman–Crippen MR) is 78.9 cm³/mol. The number of rotatable bonds is 6. The van der Waals surface area contributed by atoms with Gasteiger partial charge in [0.05, 0.1) is 19.3 Å². The highest BCUT2D eigenvalue weighted by atomic mass is 16.5. The summed E-state index contributed by atoms with van der Waals surface area (Å²) in [5.41, 5.74) is 1.91. The van der Waals surface area contributed by atoms with Gasteiger partial charge < -0.3 is 20.3 Å². The van der Waals surface area contributed by atoms with Crippen molar-refractivity contribution in [3.63, 3.8) is 0 Å². The second-order valence-corrected chi connectivity index (χ2v) is 5.68. The van der Waals surface area contributed by atoms with Gasteiger partial charge in [-0.3, -0.25) is 0 Å². The van der Waals surface area contributed by atoms with Crippen molar-refractivity contribution in [3.8, 4) is 5.75 Å². The Morgan fingerprint density at radius 1 is 1.40 bits per heavy atom. The molecule has 1 fully saturated rings. The largest absolute Gasteiger partial charge is 0.496 e. The Labute approximate surface area is 120 Å². The molecule has 0 radical (unpaired) electrons. The highest BCUT2D eigenvalue weighted by molar-refractivity contribution is 5.38. The van der Waals surface area contributed by atoms with Crippen LogP contribution < -0.4 is 10.1 Å². The van der Waals surface area contributed by atoms with Gasteiger partial charge in [0, 0.05) is 18.7 Å². The molecule has 1 aromatic rings. The van der Waals surface area contributed by atoms with E-state index in [9.17, 15) is 10.2 Å². The van der Waals surface area contributed by atoms with E-state index in [0.717, 1.165) is 36.9 Å². The number of aliphatic hydroxyl groups excluding tert-OH is 2. The zero-order valence-corrected chi connectivity index (χ0v) is 12.3. The molecule has 4 heteroatoms. The molecule has 1 saturated carbocycles. The summed E-state index contributed by atoms with van der Waals surface area (Å²) in [4.78, 5) is 0. The average Bonchev–Trinajstić information content (AvgIpc) is 2.84. The lowest BCUT2D eigenvalue weighted by Crippen LogP contribution is -2.30. The molecule has 0 bridgehead atoms. The van der Waals surface area contributed by atoms with E-state index in [4.69, 9.17) is 4.74 Å². The normalized spacial score (nSPS) is 23.8. The Balaban J connectivity index is 1.88. The van der Waals surface area contributed by atoms with Crippen molar-refractivity contribution in [3.05, 3.63) is 29.3 Å². The molecule has 0 heterocycles. The predicted octanol–water partition coefficient (Wildman–Crippen LogP) is 1.79. The number of hydrogen-bond acceptors (Lipinski definition) is 4. The van der Waals surface area contributed by atoms with E-state index in [1.165, 1.54) is 0 Å². The van der Waals surface area contributed by atoms with Crippen molar-refractivity contribution in [1.82, 2.24) is 5.32 Å². The van der Waals surface area contributed by atoms with Gasteiger partial charge in [-0.05, 0) is 37.8 Å². The lowest BCUT2D eigenvalue weighted by molar-refractivity contribution is 0.124. The molecule has 0 amide bonds. The Kier molecular flexibility index (Phi) is 5.40. The van der Waals surface area contributed by atoms with E-state index in [2.05, 4.69) is 5.32 Å². The van der Waals surface area contributed by atoms with Gasteiger partial charge in [-0.1, -0.05) is 18.1 Å². The van der Waals surface area contributed by atoms with Gasteiger partial charge in [0.15, 0.2) is 0 Å². The molecule has 0 saturated heterocycles. The molecule has 3 atom stereocenters. The second-order valence-electron chi connectivity index (χ2n) is 5.68. The molecule has 0 aromatic heterocycles. The third-order valence-corrected chi connectivity index (χ3v) is 4.11. The van der Waals surface area contributed by atoms with E-state index in [1.54, 1.807) is 7.11 Å². The van der Waals surface area contributed by atoms with Crippen LogP contribution in [0.5, 0.6) is 5.75 Å². The van der Waals surface area contributed by atoms with Crippen molar-refractivity contribution in [1.29, 1.82) is 0 Å². The Hall–Kier alpha value is -1.10. The fraction of sp³-hybridized carbons (Fsp3) is 0.625. The van der Waals surface area contributed by atoms with Gasteiger partial charge in [0.2, 0.25) is 0 Å². The van der Waals surface area contributed by atoms with Crippen LogP contribution in [0.3, 0.4) is 0 Å². The van der Waals surface area contributed by atoms with Crippen LogP contribution in [0.15, 0.2) is 18.2 Å². The molecule has 20 heavy (non-hydrogen) atoms. The summed E-state index contributed by atoms with van der Waals surface area (Å²) < 4.78 is 5.29. The zero-order chi connectivity index (χ0) is 14.5. The standard InChI is InChI=1S/C16H25NO3/c1-11-6-7-16(20-2)13(8-11)15(19)10-17-9-12-4-3-5-14(12)18/h6-8,12,14-15,17-19H,3-5,9-10H2,1-2H3. The molecular formula is C16H25NO3. The smallest absolute Gasteiger partial charge is 0.124 e. The SMILES string of the molecule is COc1ccc(C)cc1C(O)CNCC1CCCC1O. The Morgan fingerprint density at radius 3 is 2.85 bits per heavy atom. The number of nitrogens with one attached hydrogen (secondary N) is 1. The number of aryl methyl sites for hydroxylation is 1. The number of hydrogen-bond donors (Lipinski definition) is 3. The van der Waals surface area contributed by atoms with E-state index >= 15 is 0 Å². The highest BCUT2D eigenvalue weighted by Gasteiger charge is 2.25. The molecule has 3 N–H and O–H groups in total. The quantitative estimate of drug-likeness (QED) is 0.743. The van der Waals surface area contributed by atoms with Crippen LogP contribution in [0.4, 0.5) is 0 Å². The van der Waals surface area contributed by atoms with Crippen LogP contribution >= 0.6 is 0 Å². The average molecular weight is 279 g/mol. The van der Waals surface area contributed by atoms with E-state index < -0.39 is 6.10 Å². The maximum Gasteiger partial charge on any atom is 0.124 e. The first kappa shape index (κ1) is 15.3. The molecule has 1 aromatic carbocycles. The lowest BCUT2D eigenvalue weighted by Gasteiger charge is -2.19. The fourth-order valence-corrected chi connectivity index (χ4v) is 2.88. The maximum atomic E-state index is 10.3. The van der Waals surface area contributed by atoms with Gasteiger partial charge in [-0.25, -0.2) is 0 Å². The minimum Gasteiger partial charge on any atom is -0.496 e. The third kappa shape index (κ3) is 3.72. The van der Waals surface area contributed by atoms with Gasteiger partial charge in [0.25, 0.3) is 0 Å². The third-order valence-electron chi connectivity index (χ3n) is 4.11. The number of ether oxygens (including phenoxy) is 1. The second kappa shape index (κ2) is 7.07. The molecular weight excluding hydrogens is 254 g/mol. The summed E-state index contributed by atoms with van der Waals surface area (Å²) in [7, 11) is 1.61. The first-order valence-corrected chi connectivity index (χ1v) is 7.33. The molecule has 4 nitrogen and oxygen atoms in total. The molecule has 0 aliphatic heterocycles. The summed E-state index contributed by atoms with van der Waals surface area (Å²) in [6.07, 6.45) is 2.29. The first-order chi connectivity index (χ1) is 9.61. The van der Waals surface area contributed by atoms with Crippen molar-refractivity contribution in [2.45, 2.75) is 38.4 Å². The van der Waals surface area contributed by atoms with Crippen molar-refractivity contribution < 1.29 is 14.9 Å². The van der Waals surface area contributed by atoms with E-state index in [-0.39, 0.29) is 6.10 Å². The van der Waals surface area contributed by atoms with Gasteiger partial charge in [-0.15, -0.1) is 0 Å². The van der Waals surface area contributed by atoms with Crippen LogP contribution in [0.25, 0.3) is 0 Å². The Bertz CT molecular complexity index is 436. The zero-order valence-electron chi connectivity index (χ0n) is 12.3. The van der Waals surface area contributed by atoms with Gasteiger partial charge in [-0.2, -0.15) is 0 Å². The van der Waals surface area contributed by atoms with E-state index in [0.29, 0.717) is 18.2 Å². The lowest BCUT2D eigenvalue weighted by atomic mass is 10.0. The van der Waals surface area contributed by atoms with Crippen molar-refractivity contribution >= 4 is 0 Å². The monoisotopic (exact) mass is 279 g/mol. The molecule has 2 rings (SSSR count). The van der Waals surface area contributed by atoms with Crippen LogP contribution in [0.1, 0.15) is 36.5 Å². The number of aliphatic hydroxyl groups is 2. The van der Waals surface area contributed by atoms with E-state index in [1.807, 2.05) is 25.1 Å². The van der Waals surface area contributed by atoms with Crippen LogP contribution in [-0.2, 0) is 0 Å². The summed E-state index contributed by atoms with van der Waals surface area (Å²) in [6.45, 7) is 3.23. The fourth-order valence-electron chi connectivity index (χ4n) is 2.88. The molecule has 3 unspecified atom stereocenters. The van der Waals surface area contributed by atoms with Crippen LogP contribution in [-0.4, -0.2) is 36.5 Å². The summed E-state index contributed by atoms with van der Waals surface area (Å²) >= 11 is 0. The Morgan fingerprint density at radius 2 is 2.20 bits per heavy atom. The number of methoxy groups -OCH3 is 1. The molecule has 0 spiro atoms. The van der Waals surface area contributed by atoms with Gasteiger partial charge >= 0.3 is 0 Å². The highest BCUT2D eigenvalue weighted by Crippen LogP contribution is 2.27. The van der Waals surface area contributed by atoms with Crippen LogP contribution in [0, 0.1) is 12.8 Å². The minimum absolute atomic E-state index is 0.187. The molecule has 1 aliphatic rings. The molecule has 1 aliphatic carbocycles. The minimum atomic E-state index is -0.594. The first-order valence-electron chi connectivity index (χ1n) is 7.33. The van der Waals surface area contributed by atoms with Crippen molar-refractivity contribution in [2.24, 2.45) is 5.92 Å². The molecule has 112 valence electrons. The number of benzene rings is 1.